The number of Topliss-reactive ketones (excluding diaryl/α,β-unsaturated/α-hetero) is 1. The molecular weight excluding hydrogens is 236 g/mol. The van der Waals surface area contributed by atoms with Crippen LogP contribution in [0.2, 0.25) is 0 Å². The van der Waals surface area contributed by atoms with E-state index in [1.807, 2.05) is 6.92 Å². The summed E-state index contributed by atoms with van der Waals surface area (Å²) in [4.78, 5) is 12.5. The third-order valence-electron chi connectivity index (χ3n) is 5.21. The Hall–Kier alpha value is -0.340. The van der Waals surface area contributed by atoms with Crippen molar-refractivity contribution in [1.82, 2.24) is 0 Å². The number of hydrogen-bond donors (Lipinski definition) is 0. The molecule has 1 saturated carbocycles. The van der Waals surface area contributed by atoms with Crippen LogP contribution in [0, 0.1) is 16.7 Å². The molecule has 2 nitrogen and oxygen atoms in total. The van der Waals surface area contributed by atoms with Gasteiger partial charge in [-0.1, -0.05) is 26.0 Å². The van der Waals surface area contributed by atoms with Crippen LogP contribution in [0.5, 0.6) is 0 Å². The van der Waals surface area contributed by atoms with Crippen molar-refractivity contribution >= 4 is 17.4 Å². The Bertz CT molecular complexity index is 378. The molecule has 0 N–H and O–H groups in total. The molecular formula is C14H21ClO2. The maximum atomic E-state index is 12.5. The maximum Gasteiger partial charge on any atom is 0.141 e. The zero-order valence-corrected chi connectivity index (χ0v) is 11.8. The van der Waals surface area contributed by atoms with Gasteiger partial charge in [0.15, 0.2) is 0 Å². The molecule has 0 unspecified atom stereocenters. The number of hydrogen-bond acceptors (Lipinski definition) is 2. The molecule has 17 heavy (non-hydrogen) atoms. The van der Waals surface area contributed by atoms with Gasteiger partial charge in [-0.25, -0.2) is 0 Å². The standard InChI is InChI=1S/C14H21ClO2/c1-12-6-5-10(14(3,8-12)17-4)7-11(16)13(12,2)9-15/h5-6,10H,7-9H2,1-4H3/t10-,12-,13-,14-/m1/s1. The third-order valence-corrected chi connectivity index (χ3v) is 5.75. The molecule has 3 aliphatic rings. The second-order valence-corrected chi connectivity index (χ2v) is 6.44. The van der Waals surface area contributed by atoms with Gasteiger partial charge >= 0.3 is 0 Å². The first-order chi connectivity index (χ1) is 7.81. The van der Waals surface area contributed by atoms with Crippen LogP contribution < -0.4 is 0 Å². The van der Waals surface area contributed by atoms with Gasteiger partial charge in [0.25, 0.3) is 0 Å². The summed E-state index contributed by atoms with van der Waals surface area (Å²) in [7, 11) is 1.74. The van der Waals surface area contributed by atoms with Crippen molar-refractivity contribution in [2.75, 3.05) is 13.0 Å². The number of carbonyl (C=O) groups excluding carboxylic acids is 1. The Kier molecular flexibility index (Phi) is 2.95. The molecule has 0 saturated heterocycles. The van der Waals surface area contributed by atoms with Gasteiger partial charge in [-0.2, -0.15) is 0 Å². The van der Waals surface area contributed by atoms with Gasteiger partial charge in [0, 0.05) is 36.2 Å². The van der Waals surface area contributed by atoms with E-state index in [0.717, 1.165) is 6.42 Å². The Morgan fingerprint density at radius 3 is 2.65 bits per heavy atom. The zero-order valence-electron chi connectivity index (χ0n) is 11.0. The highest BCUT2D eigenvalue weighted by Gasteiger charge is 2.58. The summed E-state index contributed by atoms with van der Waals surface area (Å²) < 4.78 is 5.70. The predicted molar refractivity (Wildman–Crippen MR) is 69.2 cm³/mol. The minimum atomic E-state index is -0.476. The number of rotatable bonds is 2. The van der Waals surface area contributed by atoms with Crippen LogP contribution in [-0.4, -0.2) is 24.4 Å². The first-order valence-corrected chi connectivity index (χ1v) is 6.68. The number of allylic oxidation sites excluding steroid dienone is 1. The Balaban J connectivity index is 2.54. The molecule has 0 aliphatic heterocycles. The summed E-state index contributed by atoms with van der Waals surface area (Å²) in [5.74, 6) is 0.822. The monoisotopic (exact) mass is 256 g/mol. The van der Waals surface area contributed by atoms with Crippen molar-refractivity contribution in [2.45, 2.75) is 39.2 Å². The second kappa shape index (κ2) is 3.83. The Morgan fingerprint density at radius 1 is 1.47 bits per heavy atom. The second-order valence-electron chi connectivity index (χ2n) is 6.17. The van der Waals surface area contributed by atoms with Crippen LogP contribution in [0.25, 0.3) is 0 Å². The SMILES string of the molecule is CO[C@]1(C)C[C@@]2(C)C=C[C@@H]1CC(=O)[C@@]2(C)CCl. The first kappa shape index (κ1) is 13.1. The molecule has 0 amide bonds. The Labute approximate surface area is 108 Å². The number of carbonyl (C=O) groups is 1. The lowest BCUT2D eigenvalue weighted by Gasteiger charge is -2.47. The van der Waals surface area contributed by atoms with E-state index in [1.54, 1.807) is 7.11 Å². The topological polar surface area (TPSA) is 26.3 Å². The van der Waals surface area contributed by atoms with E-state index in [1.165, 1.54) is 0 Å². The maximum absolute atomic E-state index is 12.5. The minimum absolute atomic E-state index is 0.179. The van der Waals surface area contributed by atoms with E-state index in [-0.39, 0.29) is 22.7 Å². The molecule has 3 aliphatic carbocycles. The molecule has 2 bridgehead atoms. The van der Waals surface area contributed by atoms with E-state index in [2.05, 4.69) is 26.0 Å². The lowest BCUT2D eigenvalue weighted by Crippen LogP contribution is -2.47. The van der Waals surface area contributed by atoms with Crippen molar-refractivity contribution in [2.24, 2.45) is 16.7 Å². The number of halogens is 1. The van der Waals surface area contributed by atoms with Crippen LogP contribution in [0.1, 0.15) is 33.6 Å². The number of alkyl halides is 1. The third kappa shape index (κ3) is 1.61. The summed E-state index contributed by atoms with van der Waals surface area (Å²) in [5.41, 5.74) is -0.928. The molecule has 3 rings (SSSR count). The molecule has 0 radical (unpaired) electrons. The van der Waals surface area contributed by atoms with Gasteiger partial charge < -0.3 is 4.74 Å². The average molecular weight is 257 g/mol. The van der Waals surface area contributed by atoms with E-state index in [0.29, 0.717) is 12.3 Å². The highest BCUT2D eigenvalue weighted by Crippen LogP contribution is 2.57. The molecule has 0 heterocycles. The average Bonchev–Trinajstić information content (AvgIpc) is 2.43. The van der Waals surface area contributed by atoms with Crippen molar-refractivity contribution < 1.29 is 9.53 Å². The molecule has 1 fully saturated rings. The predicted octanol–water partition coefficient (Wildman–Crippen LogP) is 3.19. The number of fused-ring (bicyclic) bond motifs is 3. The quantitative estimate of drug-likeness (QED) is 0.560. The number of methoxy groups -OCH3 is 1. The van der Waals surface area contributed by atoms with Crippen molar-refractivity contribution in [1.29, 1.82) is 0 Å². The highest BCUT2D eigenvalue weighted by atomic mass is 35.5. The fourth-order valence-corrected chi connectivity index (χ4v) is 3.76. The molecule has 0 aromatic heterocycles. The normalized spacial score (nSPS) is 49.5. The summed E-state index contributed by atoms with van der Waals surface area (Å²) >= 11 is 6.11. The van der Waals surface area contributed by atoms with E-state index in [9.17, 15) is 4.79 Å². The largest absolute Gasteiger partial charge is 0.378 e. The first-order valence-electron chi connectivity index (χ1n) is 6.15. The van der Waals surface area contributed by atoms with Crippen LogP contribution in [-0.2, 0) is 9.53 Å². The summed E-state index contributed by atoms with van der Waals surface area (Å²) in [6, 6.07) is 0. The van der Waals surface area contributed by atoms with Crippen molar-refractivity contribution in [3.63, 3.8) is 0 Å². The number of ketones is 1. The van der Waals surface area contributed by atoms with Gasteiger partial charge in [-0.05, 0) is 13.3 Å². The van der Waals surface area contributed by atoms with Crippen LogP contribution in [0.15, 0.2) is 12.2 Å². The van der Waals surface area contributed by atoms with E-state index in [4.69, 9.17) is 16.3 Å². The summed E-state index contributed by atoms with van der Waals surface area (Å²) in [5, 5.41) is 0. The molecule has 0 aromatic carbocycles. The van der Waals surface area contributed by atoms with Gasteiger partial charge in [0.05, 0.1) is 5.60 Å². The highest BCUT2D eigenvalue weighted by molar-refractivity contribution is 6.20. The Morgan fingerprint density at radius 2 is 2.12 bits per heavy atom. The number of ether oxygens (including phenoxy) is 1. The fourth-order valence-electron chi connectivity index (χ4n) is 3.31. The summed E-state index contributed by atoms with van der Waals surface area (Å²) in [6.07, 6.45) is 5.74. The van der Waals surface area contributed by atoms with Gasteiger partial charge in [0.1, 0.15) is 5.78 Å². The van der Waals surface area contributed by atoms with E-state index >= 15 is 0 Å². The van der Waals surface area contributed by atoms with Gasteiger partial charge in [0.2, 0.25) is 0 Å². The molecule has 3 heteroatoms. The van der Waals surface area contributed by atoms with Crippen LogP contribution in [0.3, 0.4) is 0 Å². The molecule has 96 valence electrons. The molecule has 0 spiro atoms. The molecule has 0 aromatic rings. The smallest absolute Gasteiger partial charge is 0.141 e. The lowest BCUT2D eigenvalue weighted by molar-refractivity contribution is -0.130. The van der Waals surface area contributed by atoms with Gasteiger partial charge in [-0.3, -0.25) is 4.79 Å². The summed E-state index contributed by atoms with van der Waals surface area (Å²) in [6.45, 7) is 6.23. The van der Waals surface area contributed by atoms with Crippen LogP contribution >= 0.6 is 11.6 Å². The zero-order chi connectivity index (χ0) is 12.9. The lowest BCUT2D eigenvalue weighted by atomic mass is 9.60. The van der Waals surface area contributed by atoms with Crippen molar-refractivity contribution in [3.05, 3.63) is 12.2 Å². The van der Waals surface area contributed by atoms with E-state index < -0.39 is 5.41 Å². The fraction of sp³-hybridized carbons (Fsp3) is 0.786. The van der Waals surface area contributed by atoms with Crippen LogP contribution in [0.4, 0.5) is 0 Å². The van der Waals surface area contributed by atoms with Crippen molar-refractivity contribution in [3.8, 4) is 0 Å². The van der Waals surface area contributed by atoms with Gasteiger partial charge in [-0.15, -0.1) is 11.6 Å². The minimum Gasteiger partial charge on any atom is -0.378 e. The molecule has 4 atom stereocenters.